The van der Waals surface area contributed by atoms with Crippen molar-refractivity contribution in [1.29, 1.82) is 0 Å². The predicted molar refractivity (Wildman–Crippen MR) is 103 cm³/mol. The first-order valence-corrected chi connectivity index (χ1v) is 10.1. The van der Waals surface area contributed by atoms with Gasteiger partial charge in [0.2, 0.25) is 0 Å². The van der Waals surface area contributed by atoms with Crippen molar-refractivity contribution in [3.8, 4) is 5.75 Å². The molecule has 3 atom stereocenters. The van der Waals surface area contributed by atoms with E-state index in [1.807, 2.05) is 37.8 Å². The zero-order chi connectivity index (χ0) is 19.3. The lowest BCUT2D eigenvalue weighted by Crippen LogP contribution is -2.59. The number of amides is 1. The van der Waals surface area contributed by atoms with Gasteiger partial charge in [-0.05, 0) is 64.2 Å². The number of carbonyl (C=O) groups excluding carboxylic acids is 1. The van der Waals surface area contributed by atoms with E-state index in [-0.39, 0.29) is 23.3 Å². The molecule has 0 N–H and O–H groups in total. The predicted octanol–water partition coefficient (Wildman–Crippen LogP) is 4.33. The second-order valence-corrected chi connectivity index (χ2v) is 9.18. The first-order chi connectivity index (χ1) is 12.8. The van der Waals surface area contributed by atoms with Crippen LogP contribution in [0, 0.1) is 0 Å². The average molecular weight is 373 g/mol. The third-order valence-electron chi connectivity index (χ3n) is 6.37. The summed E-state index contributed by atoms with van der Waals surface area (Å²) in [7, 11) is 1.67. The molecule has 1 aromatic carbocycles. The lowest BCUT2D eigenvalue weighted by Gasteiger charge is -2.43. The summed E-state index contributed by atoms with van der Waals surface area (Å²) in [5.41, 5.74) is 0.493. The number of carbonyl (C=O) groups is 1. The van der Waals surface area contributed by atoms with Gasteiger partial charge in [0.15, 0.2) is 0 Å². The van der Waals surface area contributed by atoms with Crippen LogP contribution >= 0.6 is 0 Å². The fourth-order valence-corrected chi connectivity index (χ4v) is 5.10. The lowest BCUT2D eigenvalue weighted by molar-refractivity contribution is -0.00113. The Morgan fingerprint density at radius 2 is 1.89 bits per heavy atom. The summed E-state index contributed by atoms with van der Waals surface area (Å²) >= 11 is 0. The number of benzene rings is 1. The van der Waals surface area contributed by atoms with Crippen LogP contribution in [0.25, 0.3) is 0 Å². The number of hydrogen-bond acceptors (Lipinski definition) is 4. The maximum atomic E-state index is 13.0. The highest BCUT2D eigenvalue weighted by Gasteiger charge is 2.76. The van der Waals surface area contributed by atoms with E-state index in [9.17, 15) is 4.79 Å². The van der Waals surface area contributed by atoms with Crippen molar-refractivity contribution in [3.05, 3.63) is 29.8 Å². The second kappa shape index (κ2) is 6.40. The van der Waals surface area contributed by atoms with Gasteiger partial charge in [0.25, 0.3) is 0 Å². The minimum atomic E-state index is -0.495. The van der Waals surface area contributed by atoms with E-state index in [1.54, 1.807) is 7.11 Å². The molecule has 0 bridgehead atoms. The van der Waals surface area contributed by atoms with E-state index >= 15 is 0 Å². The van der Waals surface area contributed by atoms with E-state index in [1.165, 1.54) is 18.4 Å². The number of hydrogen-bond donors (Lipinski definition) is 0. The number of piperidine rings is 1. The van der Waals surface area contributed by atoms with Crippen LogP contribution < -0.4 is 4.74 Å². The summed E-state index contributed by atoms with van der Waals surface area (Å²) in [5.74, 6) is 0.847. The first-order valence-electron chi connectivity index (χ1n) is 10.1. The van der Waals surface area contributed by atoms with Crippen LogP contribution in [0.15, 0.2) is 24.3 Å². The normalized spacial score (nSPS) is 32.3. The molecule has 5 nitrogen and oxygen atoms in total. The highest BCUT2D eigenvalue weighted by atomic mass is 16.6. The molecule has 148 valence electrons. The third-order valence-corrected chi connectivity index (χ3v) is 6.37. The van der Waals surface area contributed by atoms with Gasteiger partial charge in [-0.15, -0.1) is 0 Å². The highest BCUT2D eigenvalue weighted by molar-refractivity contribution is 5.69. The Morgan fingerprint density at radius 1 is 1.19 bits per heavy atom. The molecule has 2 saturated heterocycles. The Morgan fingerprint density at radius 3 is 2.56 bits per heavy atom. The molecular formula is C22H31NO4. The van der Waals surface area contributed by atoms with E-state index < -0.39 is 5.60 Å². The van der Waals surface area contributed by atoms with Crippen LogP contribution in [0.4, 0.5) is 4.79 Å². The van der Waals surface area contributed by atoms with E-state index in [0.717, 1.165) is 31.4 Å². The van der Waals surface area contributed by atoms with Crippen LogP contribution in [-0.2, 0) is 15.9 Å². The van der Waals surface area contributed by atoms with Crippen molar-refractivity contribution in [3.63, 3.8) is 0 Å². The Labute approximate surface area is 162 Å². The van der Waals surface area contributed by atoms with Gasteiger partial charge >= 0.3 is 6.09 Å². The van der Waals surface area contributed by atoms with Crippen molar-refractivity contribution in [2.45, 2.75) is 82.1 Å². The summed E-state index contributed by atoms with van der Waals surface area (Å²) < 4.78 is 17.5. The molecule has 2 heterocycles. The Balaban J connectivity index is 1.61. The molecule has 3 fully saturated rings. The average Bonchev–Trinajstić information content (AvgIpc) is 3.32. The zero-order valence-electron chi connectivity index (χ0n) is 16.9. The molecule has 1 aliphatic carbocycles. The van der Waals surface area contributed by atoms with Crippen LogP contribution in [-0.4, -0.2) is 47.5 Å². The fourth-order valence-electron chi connectivity index (χ4n) is 5.10. The van der Waals surface area contributed by atoms with Gasteiger partial charge in [-0.25, -0.2) is 4.79 Å². The van der Waals surface area contributed by atoms with Crippen molar-refractivity contribution in [2.24, 2.45) is 0 Å². The molecule has 5 heteroatoms. The van der Waals surface area contributed by atoms with Gasteiger partial charge in [-0.1, -0.05) is 25.0 Å². The summed E-state index contributed by atoms with van der Waals surface area (Å²) in [6.07, 6.45) is 6.04. The highest BCUT2D eigenvalue weighted by Crippen LogP contribution is 2.64. The molecule has 2 aliphatic heterocycles. The topological polar surface area (TPSA) is 51.3 Å². The quantitative estimate of drug-likeness (QED) is 0.740. The molecule has 0 aromatic heterocycles. The van der Waals surface area contributed by atoms with Crippen LogP contribution in [0.5, 0.6) is 5.75 Å². The molecule has 27 heavy (non-hydrogen) atoms. The summed E-state index contributed by atoms with van der Waals surface area (Å²) in [5, 5.41) is 0. The van der Waals surface area contributed by atoms with Crippen molar-refractivity contribution in [1.82, 2.24) is 4.90 Å². The third kappa shape index (κ3) is 3.20. The number of nitrogens with zero attached hydrogens (tertiary/aromatic N) is 1. The van der Waals surface area contributed by atoms with Crippen molar-refractivity contribution in [2.75, 3.05) is 13.7 Å². The summed E-state index contributed by atoms with van der Waals surface area (Å²) in [6.45, 7) is 6.47. The Kier molecular flexibility index (Phi) is 4.41. The largest absolute Gasteiger partial charge is 0.497 e. The zero-order valence-corrected chi connectivity index (χ0v) is 16.9. The minimum absolute atomic E-state index is 0.0130. The number of methoxy groups -OCH3 is 1. The molecule has 1 amide bonds. The summed E-state index contributed by atoms with van der Waals surface area (Å²) in [4.78, 5) is 14.9. The monoisotopic (exact) mass is 373 g/mol. The number of likely N-dealkylation sites (tertiary alicyclic amines) is 1. The van der Waals surface area contributed by atoms with Crippen LogP contribution in [0.2, 0.25) is 0 Å². The van der Waals surface area contributed by atoms with Crippen LogP contribution in [0.3, 0.4) is 0 Å². The second-order valence-electron chi connectivity index (χ2n) is 9.18. The standard InChI is InChI=1S/C22H31NO4/c1-20(2,3)26-19(24)23-14-13-21-11-5-6-12-22(21,27-21)18(23)15-16-7-9-17(25-4)10-8-16/h7-10,18H,5-6,11-15H2,1-4H3/t18-,21+,22-/m0/s1. The van der Waals surface area contributed by atoms with Gasteiger partial charge < -0.3 is 19.1 Å². The van der Waals surface area contributed by atoms with Gasteiger partial charge in [-0.2, -0.15) is 0 Å². The maximum absolute atomic E-state index is 13.0. The van der Waals surface area contributed by atoms with Crippen molar-refractivity contribution >= 4 is 6.09 Å². The van der Waals surface area contributed by atoms with E-state index in [0.29, 0.717) is 6.54 Å². The van der Waals surface area contributed by atoms with E-state index in [2.05, 4.69) is 12.1 Å². The Bertz CT molecular complexity index is 710. The molecule has 4 rings (SSSR count). The molecular weight excluding hydrogens is 342 g/mol. The number of ether oxygens (including phenoxy) is 3. The maximum Gasteiger partial charge on any atom is 0.410 e. The van der Waals surface area contributed by atoms with Gasteiger partial charge in [0.1, 0.15) is 22.6 Å². The summed E-state index contributed by atoms with van der Waals surface area (Å²) in [6, 6.07) is 8.16. The molecule has 1 saturated carbocycles. The number of rotatable bonds is 3. The van der Waals surface area contributed by atoms with Gasteiger partial charge in [-0.3, -0.25) is 0 Å². The smallest absolute Gasteiger partial charge is 0.410 e. The van der Waals surface area contributed by atoms with E-state index in [4.69, 9.17) is 14.2 Å². The van der Waals surface area contributed by atoms with Gasteiger partial charge in [0.05, 0.1) is 13.2 Å². The minimum Gasteiger partial charge on any atom is -0.497 e. The molecule has 0 spiro atoms. The lowest BCUT2D eigenvalue weighted by atomic mass is 9.69. The molecule has 3 aliphatic rings. The first kappa shape index (κ1) is 18.6. The molecule has 1 aromatic rings. The number of epoxide rings is 1. The van der Waals surface area contributed by atoms with Crippen molar-refractivity contribution < 1.29 is 19.0 Å². The molecule has 0 radical (unpaired) electrons. The fraction of sp³-hybridized carbons (Fsp3) is 0.682. The molecule has 0 unspecified atom stereocenters. The SMILES string of the molecule is COc1ccc(C[C@@H]2N(C(=O)OC(C)(C)C)CC[C@]34CCCC[C@]23O4)cc1. The van der Waals surface area contributed by atoms with Crippen LogP contribution in [0.1, 0.15) is 58.4 Å². The Hall–Kier alpha value is -1.75. The van der Waals surface area contributed by atoms with Gasteiger partial charge in [0, 0.05) is 6.54 Å².